The molecule has 0 saturated carbocycles. The second-order valence-electron chi connectivity index (χ2n) is 7.25. The first-order chi connectivity index (χ1) is 15.3. The van der Waals surface area contributed by atoms with Crippen molar-refractivity contribution in [2.24, 2.45) is 0 Å². The lowest BCUT2D eigenvalue weighted by molar-refractivity contribution is -0.137. The number of carbonyl (C=O) groups is 1. The van der Waals surface area contributed by atoms with E-state index in [-0.39, 0.29) is 17.0 Å². The zero-order valence-corrected chi connectivity index (χ0v) is 17.4. The Labute approximate surface area is 182 Å². The predicted molar refractivity (Wildman–Crippen MR) is 108 cm³/mol. The fourth-order valence-corrected chi connectivity index (χ4v) is 3.45. The van der Waals surface area contributed by atoms with E-state index in [4.69, 9.17) is 9.47 Å². The predicted octanol–water partition coefficient (Wildman–Crippen LogP) is 2.02. The van der Waals surface area contributed by atoms with Crippen molar-refractivity contribution in [1.82, 2.24) is 15.0 Å². The van der Waals surface area contributed by atoms with Crippen molar-refractivity contribution in [2.75, 3.05) is 69.5 Å². The Balaban J connectivity index is 1.83. The van der Waals surface area contributed by atoms with Crippen LogP contribution in [0.25, 0.3) is 11.4 Å². The molecule has 0 aliphatic carbocycles. The highest BCUT2D eigenvalue weighted by molar-refractivity contribution is 5.91. The van der Waals surface area contributed by atoms with Crippen LogP contribution in [-0.2, 0) is 20.4 Å². The molecular weight excluding hydrogens is 431 g/mol. The number of halogens is 3. The summed E-state index contributed by atoms with van der Waals surface area (Å²) in [7, 11) is 1.11. The summed E-state index contributed by atoms with van der Waals surface area (Å²) in [5.41, 5.74) is -1.18. The number of nitrogens with zero attached hydrogens (tertiary/aromatic N) is 5. The lowest BCUT2D eigenvalue weighted by Gasteiger charge is -2.30. The van der Waals surface area contributed by atoms with Crippen LogP contribution in [0.2, 0.25) is 0 Å². The van der Waals surface area contributed by atoms with Gasteiger partial charge in [0.1, 0.15) is 0 Å². The summed E-state index contributed by atoms with van der Waals surface area (Å²) in [6.45, 7) is 4.13. The van der Waals surface area contributed by atoms with E-state index in [1.54, 1.807) is 0 Å². The maximum atomic E-state index is 13.5. The van der Waals surface area contributed by atoms with Gasteiger partial charge in [-0.05, 0) is 18.2 Å². The number of hydrogen-bond donors (Lipinski definition) is 0. The van der Waals surface area contributed by atoms with Gasteiger partial charge in [0.05, 0.1) is 44.7 Å². The summed E-state index contributed by atoms with van der Waals surface area (Å²) in [6.07, 6.45) is -4.66. The Hall–Kier alpha value is -2.99. The number of morpholine rings is 2. The Kier molecular flexibility index (Phi) is 6.42. The number of carbonyl (C=O) groups excluding carboxylic acids is 1. The minimum Gasteiger partial charge on any atom is -0.465 e. The highest BCUT2D eigenvalue weighted by Gasteiger charge is 2.33. The lowest BCUT2D eigenvalue weighted by Crippen LogP contribution is -2.40. The molecule has 2 fully saturated rings. The molecule has 0 amide bonds. The van der Waals surface area contributed by atoms with E-state index in [9.17, 15) is 18.0 Å². The molecule has 1 aromatic carbocycles. The largest absolute Gasteiger partial charge is 0.465 e. The molecule has 0 spiro atoms. The third-order valence-corrected chi connectivity index (χ3v) is 5.14. The summed E-state index contributed by atoms with van der Waals surface area (Å²) in [5, 5.41) is 0. The molecule has 0 atom stereocenters. The van der Waals surface area contributed by atoms with Crippen LogP contribution >= 0.6 is 0 Å². The van der Waals surface area contributed by atoms with Gasteiger partial charge in [-0.3, -0.25) is 0 Å². The number of rotatable bonds is 4. The zero-order chi connectivity index (χ0) is 22.7. The molecule has 2 aromatic rings. The number of benzene rings is 1. The molecule has 172 valence electrons. The lowest BCUT2D eigenvalue weighted by atomic mass is 10.0. The molecule has 2 aliphatic rings. The van der Waals surface area contributed by atoms with Crippen LogP contribution in [0.15, 0.2) is 18.2 Å². The summed E-state index contributed by atoms with van der Waals surface area (Å²) in [6, 6.07) is 2.97. The molecule has 32 heavy (non-hydrogen) atoms. The van der Waals surface area contributed by atoms with E-state index < -0.39 is 17.7 Å². The highest BCUT2D eigenvalue weighted by atomic mass is 19.4. The van der Waals surface area contributed by atoms with Crippen molar-refractivity contribution in [3.63, 3.8) is 0 Å². The molecule has 3 heterocycles. The third-order valence-electron chi connectivity index (χ3n) is 5.14. The molecule has 0 N–H and O–H groups in total. The van der Waals surface area contributed by atoms with E-state index in [2.05, 4.69) is 19.7 Å². The van der Waals surface area contributed by atoms with E-state index in [0.29, 0.717) is 64.5 Å². The van der Waals surface area contributed by atoms with E-state index in [1.807, 2.05) is 9.80 Å². The van der Waals surface area contributed by atoms with Crippen molar-refractivity contribution < 1.29 is 32.2 Å². The second-order valence-corrected chi connectivity index (χ2v) is 7.25. The summed E-state index contributed by atoms with van der Waals surface area (Å²) < 4.78 is 55.9. The standard InChI is InChI=1S/C20H22F3N5O4/c1-30-17(29)14-10-13(11-15(12-14)20(21,22)23)16-24-18(27-2-6-31-7-3-27)26-19(25-16)28-4-8-32-9-5-28/h10-12H,2-9H2,1H3. The van der Waals surface area contributed by atoms with Crippen molar-refractivity contribution >= 4 is 17.9 Å². The van der Waals surface area contributed by atoms with Gasteiger partial charge in [0.15, 0.2) is 5.82 Å². The van der Waals surface area contributed by atoms with Crippen molar-refractivity contribution in [3.8, 4) is 11.4 Å². The van der Waals surface area contributed by atoms with Gasteiger partial charge in [-0.1, -0.05) is 0 Å². The van der Waals surface area contributed by atoms with Crippen LogP contribution < -0.4 is 9.80 Å². The first-order valence-corrected chi connectivity index (χ1v) is 10.1. The van der Waals surface area contributed by atoms with E-state index >= 15 is 0 Å². The molecule has 12 heteroatoms. The van der Waals surface area contributed by atoms with Crippen LogP contribution in [0.1, 0.15) is 15.9 Å². The van der Waals surface area contributed by atoms with Crippen LogP contribution in [0.3, 0.4) is 0 Å². The van der Waals surface area contributed by atoms with Crippen LogP contribution in [0.5, 0.6) is 0 Å². The maximum Gasteiger partial charge on any atom is 0.416 e. The number of esters is 1. The monoisotopic (exact) mass is 453 g/mol. The number of anilines is 2. The SMILES string of the molecule is COC(=O)c1cc(-c2nc(N3CCOCC3)nc(N3CCOCC3)n2)cc(C(F)(F)F)c1. The van der Waals surface area contributed by atoms with Gasteiger partial charge >= 0.3 is 12.1 Å². The highest BCUT2D eigenvalue weighted by Crippen LogP contribution is 2.33. The van der Waals surface area contributed by atoms with Gasteiger partial charge in [0.25, 0.3) is 0 Å². The molecule has 4 rings (SSSR count). The van der Waals surface area contributed by atoms with Gasteiger partial charge in [0.2, 0.25) is 11.9 Å². The minimum absolute atomic E-state index is 0.0410. The Morgan fingerprint density at radius 1 is 0.906 bits per heavy atom. The first-order valence-electron chi connectivity index (χ1n) is 10.1. The first kappa shape index (κ1) is 22.2. The third kappa shape index (κ3) is 4.91. The van der Waals surface area contributed by atoms with Gasteiger partial charge in [0, 0.05) is 31.7 Å². The van der Waals surface area contributed by atoms with Crippen LogP contribution in [0.4, 0.5) is 25.1 Å². The summed E-state index contributed by atoms with van der Waals surface area (Å²) in [4.78, 5) is 29.3. The maximum absolute atomic E-state index is 13.5. The number of methoxy groups -OCH3 is 1. The van der Waals surface area contributed by atoms with Gasteiger partial charge in [-0.15, -0.1) is 0 Å². The number of ether oxygens (including phenoxy) is 3. The average molecular weight is 453 g/mol. The van der Waals surface area contributed by atoms with E-state index in [0.717, 1.165) is 19.2 Å². The molecule has 0 unspecified atom stereocenters. The van der Waals surface area contributed by atoms with E-state index in [1.165, 1.54) is 6.07 Å². The average Bonchev–Trinajstić information content (AvgIpc) is 2.83. The Bertz CT molecular complexity index is 940. The second kappa shape index (κ2) is 9.25. The Morgan fingerprint density at radius 2 is 1.44 bits per heavy atom. The molecule has 0 bridgehead atoms. The van der Waals surface area contributed by atoms with Gasteiger partial charge in [-0.25, -0.2) is 4.79 Å². The summed E-state index contributed by atoms with van der Waals surface area (Å²) in [5.74, 6) is -0.152. The number of aromatic nitrogens is 3. The molecule has 2 saturated heterocycles. The zero-order valence-electron chi connectivity index (χ0n) is 17.4. The number of alkyl halides is 3. The topological polar surface area (TPSA) is 89.9 Å². The van der Waals surface area contributed by atoms with Crippen LogP contribution in [-0.4, -0.2) is 80.6 Å². The fraction of sp³-hybridized carbons (Fsp3) is 0.500. The van der Waals surface area contributed by atoms with Crippen molar-refractivity contribution in [1.29, 1.82) is 0 Å². The van der Waals surface area contributed by atoms with Crippen molar-refractivity contribution in [2.45, 2.75) is 6.18 Å². The molecule has 0 radical (unpaired) electrons. The fourth-order valence-electron chi connectivity index (χ4n) is 3.45. The molecular formula is C20H22F3N5O4. The quantitative estimate of drug-likeness (QED) is 0.645. The van der Waals surface area contributed by atoms with Gasteiger partial charge in [-0.2, -0.15) is 28.1 Å². The van der Waals surface area contributed by atoms with Crippen molar-refractivity contribution in [3.05, 3.63) is 29.3 Å². The number of hydrogen-bond acceptors (Lipinski definition) is 9. The van der Waals surface area contributed by atoms with Gasteiger partial charge < -0.3 is 24.0 Å². The molecule has 1 aromatic heterocycles. The normalized spacial score (nSPS) is 17.4. The molecule has 9 nitrogen and oxygen atoms in total. The molecule has 2 aliphatic heterocycles. The smallest absolute Gasteiger partial charge is 0.416 e. The Morgan fingerprint density at radius 3 is 1.91 bits per heavy atom. The minimum atomic E-state index is -4.66. The summed E-state index contributed by atoms with van der Waals surface area (Å²) >= 11 is 0. The van der Waals surface area contributed by atoms with Crippen LogP contribution in [0, 0.1) is 0 Å².